The summed E-state index contributed by atoms with van der Waals surface area (Å²) in [5.74, 6) is 0. The van der Waals surface area contributed by atoms with Gasteiger partial charge in [-0.05, 0) is 12.5 Å². The molecule has 2 nitrogen and oxygen atoms in total. The smallest absolute Gasteiger partial charge is 0.0911 e. The Kier molecular flexibility index (Phi) is 5.00. The molecule has 78 valence electrons. The summed E-state index contributed by atoms with van der Waals surface area (Å²) in [5, 5.41) is 3.18. The van der Waals surface area contributed by atoms with Crippen LogP contribution in [0.5, 0.6) is 0 Å². The van der Waals surface area contributed by atoms with E-state index in [1.54, 1.807) is 7.11 Å². The fourth-order valence-corrected chi connectivity index (χ4v) is 1.26. The van der Waals surface area contributed by atoms with Crippen LogP contribution in [0.3, 0.4) is 0 Å². The van der Waals surface area contributed by atoms with Gasteiger partial charge >= 0.3 is 0 Å². The molecule has 0 heterocycles. The summed E-state index contributed by atoms with van der Waals surface area (Å²) < 4.78 is 16.9. The average Bonchev–Trinajstić information content (AvgIpc) is 2.21. The van der Waals surface area contributed by atoms with Crippen LogP contribution in [0.25, 0.3) is 0 Å². The SMILES string of the molecule is COCc1ccccc1NCCCF. The van der Waals surface area contributed by atoms with E-state index >= 15 is 0 Å². The van der Waals surface area contributed by atoms with Gasteiger partial charge in [0.05, 0.1) is 13.3 Å². The van der Waals surface area contributed by atoms with Gasteiger partial charge < -0.3 is 10.1 Å². The van der Waals surface area contributed by atoms with Crippen LogP contribution in [0.4, 0.5) is 10.1 Å². The second-order valence-electron chi connectivity index (χ2n) is 3.06. The van der Waals surface area contributed by atoms with Gasteiger partial charge in [0.25, 0.3) is 0 Å². The summed E-state index contributed by atoms with van der Waals surface area (Å²) in [6, 6.07) is 7.90. The van der Waals surface area contributed by atoms with Crippen molar-refractivity contribution < 1.29 is 9.13 Å². The van der Waals surface area contributed by atoms with Crippen molar-refractivity contribution in [2.24, 2.45) is 0 Å². The molecule has 0 atom stereocenters. The van der Waals surface area contributed by atoms with Crippen LogP contribution in [-0.2, 0) is 11.3 Å². The molecular weight excluding hydrogens is 181 g/mol. The number of hydrogen-bond donors (Lipinski definition) is 1. The highest BCUT2D eigenvalue weighted by Gasteiger charge is 1.99. The van der Waals surface area contributed by atoms with Gasteiger partial charge in [-0.2, -0.15) is 0 Å². The lowest BCUT2D eigenvalue weighted by molar-refractivity contribution is 0.185. The van der Waals surface area contributed by atoms with Gasteiger partial charge in [0.1, 0.15) is 0 Å². The molecule has 0 aromatic heterocycles. The van der Waals surface area contributed by atoms with Gasteiger partial charge in [-0.15, -0.1) is 0 Å². The van der Waals surface area contributed by atoms with E-state index in [1.165, 1.54) is 0 Å². The molecule has 1 aromatic rings. The molecule has 0 radical (unpaired) electrons. The van der Waals surface area contributed by atoms with Crippen LogP contribution >= 0.6 is 0 Å². The van der Waals surface area contributed by atoms with Crippen molar-refractivity contribution in [3.63, 3.8) is 0 Å². The van der Waals surface area contributed by atoms with E-state index in [4.69, 9.17) is 4.74 Å². The highest BCUT2D eigenvalue weighted by molar-refractivity contribution is 5.50. The highest BCUT2D eigenvalue weighted by atomic mass is 19.1. The minimum absolute atomic E-state index is 0.278. The standard InChI is InChI=1S/C11H16FNO/c1-14-9-10-5-2-3-6-11(10)13-8-4-7-12/h2-3,5-6,13H,4,7-9H2,1H3. The first kappa shape index (κ1) is 11.0. The van der Waals surface area contributed by atoms with Gasteiger partial charge in [0.15, 0.2) is 0 Å². The topological polar surface area (TPSA) is 21.3 Å². The fourth-order valence-electron chi connectivity index (χ4n) is 1.26. The third-order valence-electron chi connectivity index (χ3n) is 1.94. The van der Waals surface area contributed by atoms with E-state index in [1.807, 2.05) is 24.3 Å². The second-order valence-corrected chi connectivity index (χ2v) is 3.06. The number of benzene rings is 1. The molecule has 0 aliphatic carbocycles. The Morgan fingerprint density at radius 1 is 1.36 bits per heavy atom. The third kappa shape index (κ3) is 3.34. The van der Waals surface area contributed by atoms with Crippen LogP contribution in [-0.4, -0.2) is 20.3 Å². The van der Waals surface area contributed by atoms with E-state index in [-0.39, 0.29) is 6.67 Å². The van der Waals surface area contributed by atoms with E-state index < -0.39 is 0 Å². The molecule has 0 spiro atoms. The maximum Gasteiger partial charge on any atom is 0.0911 e. The zero-order chi connectivity index (χ0) is 10.2. The molecule has 0 bridgehead atoms. The molecule has 1 rings (SSSR count). The first-order valence-corrected chi connectivity index (χ1v) is 4.75. The quantitative estimate of drug-likeness (QED) is 0.708. The monoisotopic (exact) mass is 197 g/mol. The van der Waals surface area contributed by atoms with Gasteiger partial charge in [-0.1, -0.05) is 18.2 Å². The highest BCUT2D eigenvalue weighted by Crippen LogP contribution is 2.15. The Morgan fingerprint density at radius 2 is 2.14 bits per heavy atom. The lowest BCUT2D eigenvalue weighted by atomic mass is 10.2. The minimum atomic E-state index is -0.278. The maximum atomic E-state index is 11.9. The molecule has 0 aliphatic rings. The van der Waals surface area contributed by atoms with Crippen LogP contribution in [0.1, 0.15) is 12.0 Å². The fraction of sp³-hybridized carbons (Fsp3) is 0.455. The van der Waals surface area contributed by atoms with Crippen LogP contribution < -0.4 is 5.32 Å². The number of alkyl halides is 1. The Hall–Kier alpha value is -1.09. The lowest BCUT2D eigenvalue weighted by Crippen LogP contribution is -2.05. The Labute approximate surface area is 84.1 Å². The predicted molar refractivity (Wildman–Crippen MR) is 56.2 cm³/mol. The minimum Gasteiger partial charge on any atom is -0.385 e. The number of anilines is 1. The van der Waals surface area contributed by atoms with Crippen molar-refractivity contribution in [3.8, 4) is 0 Å². The molecule has 0 amide bonds. The van der Waals surface area contributed by atoms with E-state index in [2.05, 4.69) is 5.32 Å². The molecule has 14 heavy (non-hydrogen) atoms. The second kappa shape index (κ2) is 6.38. The van der Waals surface area contributed by atoms with Crippen molar-refractivity contribution in [3.05, 3.63) is 29.8 Å². The number of para-hydroxylation sites is 1. The normalized spacial score (nSPS) is 10.1. The van der Waals surface area contributed by atoms with Crippen LogP contribution in [0.2, 0.25) is 0 Å². The Balaban J connectivity index is 2.55. The van der Waals surface area contributed by atoms with Gasteiger partial charge in [0.2, 0.25) is 0 Å². The average molecular weight is 197 g/mol. The first-order chi connectivity index (χ1) is 6.88. The van der Waals surface area contributed by atoms with Crippen LogP contribution in [0.15, 0.2) is 24.3 Å². The summed E-state index contributed by atoms with van der Waals surface area (Å²) >= 11 is 0. The number of hydrogen-bond acceptors (Lipinski definition) is 2. The molecule has 0 saturated heterocycles. The Bertz CT molecular complexity index is 265. The maximum absolute atomic E-state index is 11.9. The summed E-state index contributed by atoms with van der Waals surface area (Å²) in [7, 11) is 1.67. The predicted octanol–water partition coefficient (Wildman–Crippen LogP) is 2.60. The number of ether oxygens (including phenoxy) is 1. The number of rotatable bonds is 6. The third-order valence-corrected chi connectivity index (χ3v) is 1.94. The molecule has 0 fully saturated rings. The summed E-state index contributed by atoms with van der Waals surface area (Å²) in [4.78, 5) is 0. The van der Waals surface area contributed by atoms with Crippen molar-refractivity contribution in [2.75, 3.05) is 25.6 Å². The lowest BCUT2D eigenvalue weighted by Gasteiger charge is -2.10. The van der Waals surface area contributed by atoms with E-state index in [0.29, 0.717) is 19.6 Å². The first-order valence-electron chi connectivity index (χ1n) is 4.75. The summed E-state index contributed by atoms with van der Waals surface area (Å²) in [6.07, 6.45) is 0.543. The molecule has 0 unspecified atom stereocenters. The zero-order valence-electron chi connectivity index (χ0n) is 8.42. The van der Waals surface area contributed by atoms with Crippen LogP contribution in [0, 0.1) is 0 Å². The van der Waals surface area contributed by atoms with Gasteiger partial charge in [0, 0.05) is 24.9 Å². The molecule has 0 aliphatic heterocycles. The van der Waals surface area contributed by atoms with E-state index in [0.717, 1.165) is 11.3 Å². The van der Waals surface area contributed by atoms with E-state index in [9.17, 15) is 4.39 Å². The number of methoxy groups -OCH3 is 1. The molecule has 0 saturated carbocycles. The summed E-state index contributed by atoms with van der Waals surface area (Å²) in [6.45, 7) is 0.968. The van der Waals surface area contributed by atoms with Gasteiger partial charge in [-0.25, -0.2) is 0 Å². The van der Waals surface area contributed by atoms with Crippen molar-refractivity contribution in [1.29, 1.82) is 0 Å². The van der Waals surface area contributed by atoms with Gasteiger partial charge in [-0.3, -0.25) is 4.39 Å². The molecule has 1 aromatic carbocycles. The van der Waals surface area contributed by atoms with Crippen molar-refractivity contribution >= 4 is 5.69 Å². The number of halogens is 1. The Morgan fingerprint density at radius 3 is 2.86 bits per heavy atom. The largest absolute Gasteiger partial charge is 0.385 e. The zero-order valence-corrected chi connectivity index (χ0v) is 8.42. The molecule has 1 N–H and O–H groups in total. The van der Waals surface area contributed by atoms with Crippen molar-refractivity contribution in [1.82, 2.24) is 0 Å². The van der Waals surface area contributed by atoms with Crippen molar-refractivity contribution in [2.45, 2.75) is 13.0 Å². The summed E-state index contributed by atoms with van der Waals surface area (Å²) in [5.41, 5.74) is 2.14. The molecular formula is C11H16FNO. The molecule has 3 heteroatoms. The number of nitrogens with one attached hydrogen (secondary N) is 1.